The fourth-order valence-corrected chi connectivity index (χ4v) is 2.94. The lowest BCUT2D eigenvalue weighted by Gasteiger charge is -2.11. The average molecular weight is 376 g/mol. The van der Waals surface area contributed by atoms with E-state index in [2.05, 4.69) is 19.9 Å². The lowest BCUT2D eigenvalue weighted by Crippen LogP contribution is -2.16. The maximum Gasteiger partial charge on any atom is 0.332 e. The van der Waals surface area contributed by atoms with Crippen LogP contribution < -0.4 is 16.2 Å². The summed E-state index contributed by atoms with van der Waals surface area (Å²) in [5.74, 6) is -0.00256. The molecule has 0 atom stereocenters. The van der Waals surface area contributed by atoms with Crippen LogP contribution >= 0.6 is 0 Å². The number of hydrogen-bond acceptors (Lipinski definition) is 6. The number of nitrogens with zero attached hydrogens (tertiary/aromatic N) is 4. The van der Waals surface area contributed by atoms with Crippen molar-refractivity contribution in [3.63, 3.8) is 0 Å². The molecule has 1 amide bonds. The van der Waals surface area contributed by atoms with Gasteiger partial charge in [-0.1, -0.05) is 12.1 Å². The lowest BCUT2D eigenvalue weighted by molar-refractivity contribution is 0.0997. The molecule has 0 aliphatic heterocycles. The second-order valence-corrected chi connectivity index (χ2v) is 5.86. The van der Waals surface area contributed by atoms with Crippen LogP contribution in [0.4, 0.5) is 0 Å². The second kappa shape index (κ2) is 6.95. The number of carbonyl (C=O) groups excluding carboxylic acids is 1. The predicted molar refractivity (Wildman–Crippen MR) is 102 cm³/mol. The summed E-state index contributed by atoms with van der Waals surface area (Å²) in [5.41, 5.74) is 6.49. The fourth-order valence-electron chi connectivity index (χ4n) is 2.94. The Morgan fingerprint density at radius 3 is 2.64 bits per heavy atom. The number of benzene rings is 1. The molecule has 28 heavy (non-hydrogen) atoms. The zero-order chi connectivity index (χ0) is 19.7. The maximum atomic E-state index is 12.7. The first-order valence-electron chi connectivity index (χ1n) is 8.55. The fraction of sp³-hybridized carbons (Fsp3) is 0.105. The minimum absolute atomic E-state index is 0.0680. The molecule has 1 aromatic carbocycles. The third-order valence-corrected chi connectivity index (χ3v) is 4.11. The quantitative estimate of drug-likeness (QED) is 0.545. The van der Waals surface area contributed by atoms with Gasteiger partial charge in [0.1, 0.15) is 11.3 Å². The van der Waals surface area contributed by atoms with Crippen LogP contribution in [0, 0.1) is 0 Å². The van der Waals surface area contributed by atoms with Crippen molar-refractivity contribution < 1.29 is 9.53 Å². The third-order valence-electron chi connectivity index (χ3n) is 4.11. The second-order valence-electron chi connectivity index (χ2n) is 5.86. The molecule has 0 unspecified atom stereocenters. The van der Waals surface area contributed by atoms with Crippen molar-refractivity contribution in [3.8, 4) is 22.8 Å². The molecular formula is C19H16N6O3. The van der Waals surface area contributed by atoms with Crippen molar-refractivity contribution in [2.75, 3.05) is 6.61 Å². The highest BCUT2D eigenvalue weighted by atomic mass is 16.5. The van der Waals surface area contributed by atoms with Crippen LogP contribution in [0.15, 0.2) is 53.6 Å². The van der Waals surface area contributed by atoms with Crippen molar-refractivity contribution in [2.45, 2.75) is 6.92 Å². The van der Waals surface area contributed by atoms with Gasteiger partial charge in [0.25, 0.3) is 5.91 Å². The molecule has 0 radical (unpaired) electrons. The number of aromatic amines is 1. The molecule has 4 aromatic rings. The summed E-state index contributed by atoms with van der Waals surface area (Å²) < 4.78 is 6.99. The van der Waals surface area contributed by atoms with E-state index in [4.69, 9.17) is 10.5 Å². The van der Waals surface area contributed by atoms with Gasteiger partial charge in [-0.3, -0.25) is 9.78 Å². The number of rotatable bonds is 5. The van der Waals surface area contributed by atoms with E-state index in [1.807, 2.05) is 6.92 Å². The monoisotopic (exact) mass is 376 g/mol. The van der Waals surface area contributed by atoms with E-state index in [0.29, 0.717) is 23.6 Å². The highest BCUT2D eigenvalue weighted by Crippen LogP contribution is 2.26. The van der Waals surface area contributed by atoms with Crippen LogP contribution in [0.5, 0.6) is 5.75 Å². The van der Waals surface area contributed by atoms with Crippen LogP contribution in [0.25, 0.3) is 28.2 Å². The molecule has 0 saturated heterocycles. The van der Waals surface area contributed by atoms with E-state index in [1.54, 1.807) is 48.8 Å². The van der Waals surface area contributed by atoms with Gasteiger partial charge in [0.05, 0.1) is 12.3 Å². The molecule has 0 spiro atoms. The lowest BCUT2D eigenvalue weighted by atomic mass is 10.2. The number of primary amides is 1. The molecule has 0 aliphatic carbocycles. The van der Waals surface area contributed by atoms with E-state index in [-0.39, 0.29) is 22.7 Å². The Morgan fingerprint density at radius 2 is 1.93 bits per heavy atom. The molecule has 0 saturated carbocycles. The van der Waals surface area contributed by atoms with E-state index in [0.717, 1.165) is 0 Å². The summed E-state index contributed by atoms with van der Waals surface area (Å²) in [6.07, 6.45) is 3.17. The van der Waals surface area contributed by atoms with Crippen LogP contribution in [0.1, 0.15) is 17.4 Å². The zero-order valence-electron chi connectivity index (χ0n) is 14.9. The van der Waals surface area contributed by atoms with E-state index >= 15 is 0 Å². The Balaban J connectivity index is 2.06. The van der Waals surface area contributed by atoms with Gasteiger partial charge in [-0.25, -0.2) is 19.3 Å². The number of fused-ring (bicyclic) bond motifs is 1. The highest BCUT2D eigenvalue weighted by Gasteiger charge is 2.21. The molecule has 9 nitrogen and oxygen atoms in total. The molecule has 3 aromatic heterocycles. The van der Waals surface area contributed by atoms with E-state index < -0.39 is 11.6 Å². The van der Waals surface area contributed by atoms with Gasteiger partial charge in [-0.05, 0) is 31.2 Å². The van der Waals surface area contributed by atoms with E-state index in [1.165, 1.54) is 4.57 Å². The van der Waals surface area contributed by atoms with Crippen molar-refractivity contribution in [1.29, 1.82) is 0 Å². The SMILES string of the molecule is CCOc1ccccc1-n1c(=O)[nH]c2c(C(N)=O)nc(-c3ccncc3)nc21. The molecule has 4 rings (SSSR count). The highest BCUT2D eigenvalue weighted by molar-refractivity contribution is 6.02. The summed E-state index contributed by atoms with van der Waals surface area (Å²) in [6, 6.07) is 10.5. The number of ether oxygens (including phenoxy) is 1. The third kappa shape index (κ3) is 2.88. The number of pyridine rings is 1. The number of nitrogens with two attached hydrogens (primary N) is 1. The summed E-state index contributed by atoms with van der Waals surface area (Å²) in [5, 5.41) is 0. The maximum absolute atomic E-state index is 12.7. The first-order chi connectivity index (χ1) is 13.6. The first-order valence-corrected chi connectivity index (χ1v) is 8.55. The molecule has 0 fully saturated rings. The summed E-state index contributed by atoms with van der Waals surface area (Å²) in [4.78, 5) is 40.1. The Bertz CT molecular complexity index is 1230. The summed E-state index contributed by atoms with van der Waals surface area (Å²) in [7, 11) is 0. The minimum Gasteiger partial charge on any atom is -0.492 e. The van der Waals surface area contributed by atoms with Gasteiger partial charge < -0.3 is 15.5 Å². The number of aromatic nitrogens is 5. The normalized spacial score (nSPS) is 10.9. The Morgan fingerprint density at radius 1 is 1.18 bits per heavy atom. The van der Waals surface area contributed by atoms with Crippen molar-refractivity contribution in [3.05, 3.63) is 65.0 Å². The summed E-state index contributed by atoms with van der Waals surface area (Å²) >= 11 is 0. The number of carbonyl (C=O) groups is 1. The Hall–Kier alpha value is -4.01. The van der Waals surface area contributed by atoms with Crippen molar-refractivity contribution in [1.82, 2.24) is 24.5 Å². The molecule has 9 heteroatoms. The molecule has 0 aliphatic rings. The Labute approximate surface area is 158 Å². The number of H-pyrrole nitrogens is 1. The van der Waals surface area contributed by atoms with Crippen LogP contribution in [-0.4, -0.2) is 37.0 Å². The standard InChI is InChI=1S/C19H16N6O3/c1-2-28-13-6-4-3-5-12(13)25-18-15(23-19(25)27)14(16(20)26)22-17(24-18)11-7-9-21-10-8-11/h3-10H,2H2,1H3,(H2,20,26)(H,23,27). The van der Waals surface area contributed by atoms with Gasteiger partial charge in [-0.2, -0.15) is 0 Å². The predicted octanol–water partition coefficient (Wildman–Crippen LogP) is 1.67. The largest absolute Gasteiger partial charge is 0.492 e. The first kappa shape index (κ1) is 17.4. The molecule has 3 N–H and O–H groups in total. The average Bonchev–Trinajstić information content (AvgIpc) is 3.04. The van der Waals surface area contributed by atoms with Gasteiger partial charge in [0.15, 0.2) is 17.2 Å². The minimum atomic E-state index is -0.769. The van der Waals surface area contributed by atoms with Gasteiger partial charge in [0.2, 0.25) is 0 Å². The molecule has 140 valence electrons. The molecular weight excluding hydrogens is 360 g/mol. The van der Waals surface area contributed by atoms with Gasteiger partial charge in [0, 0.05) is 18.0 Å². The van der Waals surface area contributed by atoms with Crippen LogP contribution in [0.3, 0.4) is 0 Å². The van der Waals surface area contributed by atoms with Gasteiger partial charge >= 0.3 is 5.69 Å². The molecule has 3 heterocycles. The number of hydrogen-bond donors (Lipinski definition) is 2. The number of nitrogens with one attached hydrogen (secondary N) is 1. The van der Waals surface area contributed by atoms with E-state index in [9.17, 15) is 9.59 Å². The topological polar surface area (TPSA) is 129 Å². The smallest absolute Gasteiger partial charge is 0.332 e. The zero-order valence-corrected chi connectivity index (χ0v) is 14.9. The number of amides is 1. The Kier molecular flexibility index (Phi) is 4.32. The van der Waals surface area contributed by atoms with Crippen molar-refractivity contribution >= 4 is 17.1 Å². The molecule has 0 bridgehead atoms. The van der Waals surface area contributed by atoms with Crippen molar-refractivity contribution in [2.24, 2.45) is 5.73 Å². The van der Waals surface area contributed by atoms with Crippen LogP contribution in [-0.2, 0) is 0 Å². The van der Waals surface area contributed by atoms with Gasteiger partial charge in [-0.15, -0.1) is 0 Å². The number of para-hydroxylation sites is 2. The summed E-state index contributed by atoms with van der Waals surface area (Å²) in [6.45, 7) is 2.28. The number of imidazole rings is 1. The van der Waals surface area contributed by atoms with Crippen LogP contribution in [0.2, 0.25) is 0 Å².